The van der Waals surface area contributed by atoms with E-state index in [2.05, 4.69) is 5.32 Å². The van der Waals surface area contributed by atoms with E-state index < -0.39 is 23.2 Å². The van der Waals surface area contributed by atoms with Gasteiger partial charge in [-0.15, -0.1) is 0 Å². The average molecular weight is 279 g/mol. The number of rotatable bonds is 5. The zero-order valence-corrected chi connectivity index (χ0v) is 10.8. The Balaban J connectivity index is 3.01. The van der Waals surface area contributed by atoms with Crippen LogP contribution in [0.25, 0.3) is 0 Å². The molecule has 0 heterocycles. The summed E-state index contributed by atoms with van der Waals surface area (Å²) < 4.78 is 50.9. The normalized spacial score (nSPS) is 15.3. The Morgan fingerprint density at radius 2 is 1.89 bits per heavy atom. The summed E-state index contributed by atoms with van der Waals surface area (Å²) in [5.74, 6) is -1.33. The molecule has 1 aromatic rings. The van der Waals surface area contributed by atoms with Gasteiger partial charge in [0.1, 0.15) is 5.82 Å². The molecule has 1 unspecified atom stereocenters. The Morgan fingerprint density at radius 3 is 2.42 bits per heavy atom. The van der Waals surface area contributed by atoms with E-state index in [0.717, 1.165) is 6.07 Å². The molecule has 1 atom stereocenters. The van der Waals surface area contributed by atoms with Crippen LogP contribution in [0.3, 0.4) is 0 Å². The second kappa shape index (κ2) is 5.88. The molecule has 2 nitrogen and oxygen atoms in total. The van der Waals surface area contributed by atoms with Gasteiger partial charge >= 0.3 is 6.18 Å². The molecule has 19 heavy (non-hydrogen) atoms. The van der Waals surface area contributed by atoms with Crippen molar-refractivity contribution in [2.75, 3.05) is 13.1 Å². The number of nitrogens with one attached hydrogen (secondary N) is 1. The molecule has 0 bridgehead atoms. The van der Waals surface area contributed by atoms with Crippen molar-refractivity contribution < 1.29 is 22.7 Å². The number of halogens is 4. The van der Waals surface area contributed by atoms with Gasteiger partial charge < -0.3 is 10.4 Å². The number of benzene rings is 1. The first kappa shape index (κ1) is 15.9. The highest BCUT2D eigenvalue weighted by molar-refractivity contribution is 5.30. The quantitative estimate of drug-likeness (QED) is 0.641. The molecule has 2 N–H and O–H groups in total. The minimum Gasteiger partial charge on any atom is -0.385 e. The highest BCUT2D eigenvalue weighted by Crippen LogP contribution is 2.34. The maximum absolute atomic E-state index is 13.1. The van der Waals surface area contributed by atoms with Gasteiger partial charge in [-0.3, -0.25) is 0 Å². The van der Waals surface area contributed by atoms with Crippen LogP contribution < -0.4 is 5.32 Å². The molecule has 0 saturated carbocycles. The lowest BCUT2D eigenvalue weighted by Gasteiger charge is -2.25. The SMILES string of the molecule is CCNCCC(C)(O)c1ccc(F)c(C(F)(F)F)c1. The van der Waals surface area contributed by atoms with E-state index in [-0.39, 0.29) is 12.0 Å². The van der Waals surface area contributed by atoms with Crippen LogP contribution in [0.2, 0.25) is 0 Å². The maximum Gasteiger partial charge on any atom is 0.419 e. The fourth-order valence-electron chi connectivity index (χ4n) is 1.73. The lowest BCUT2D eigenvalue weighted by atomic mass is 9.91. The Labute approximate surface area is 109 Å². The highest BCUT2D eigenvalue weighted by atomic mass is 19.4. The van der Waals surface area contributed by atoms with Gasteiger partial charge in [-0.25, -0.2) is 4.39 Å². The first-order chi connectivity index (χ1) is 8.68. The lowest BCUT2D eigenvalue weighted by Crippen LogP contribution is -2.28. The third kappa shape index (κ3) is 4.18. The fourth-order valence-corrected chi connectivity index (χ4v) is 1.73. The molecular weight excluding hydrogens is 262 g/mol. The summed E-state index contributed by atoms with van der Waals surface area (Å²) in [4.78, 5) is 0. The zero-order chi connectivity index (χ0) is 14.7. The van der Waals surface area contributed by atoms with Crippen LogP contribution in [-0.4, -0.2) is 18.2 Å². The fraction of sp³-hybridized carbons (Fsp3) is 0.538. The molecule has 0 spiro atoms. The van der Waals surface area contributed by atoms with Crippen molar-refractivity contribution >= 4 is 0 Å². The second-order valence-corrected chi connectivity index (χ2v) is 4.57. The van der Waals surface area contributed by atoms with Crippen LogP contribution in [-0.2, 0) is 11.8 Å². The molecule has 1 aromatic carbocycles. The minimum absolute atomic E-state index is 0.0547. The largest absolute Gasteiger partial charge is 0.419 e. The van der Waals surface area contributed by atoms with Crippen LogP contribution in [0.5, 0.6) is 0 Å². The Kier molecular flexibility index (Phi) is 4.92. The average Bonchev–Trinajstić information content (AvgIpc) is 2.27. The monoisotopic (exact) mass is 279 g/mol. The van der Waals surface area contributed by atoms with Gasteiger partial charge in [0.25, 0.3) is 0 Å². The summed E-state index contributed by atoms with van der Waals surface area (Å²) in [5.41, 5.74) is -2.73. The van der Waals surface area contributed by atoms with Crippen molar-refractivity contribution in [2.45, 2.75) is 32.0 Å². The first-order valence-corrected chi connectivity index (χ1v) is 5.99. The van der Waals surface area contributed by atoms with Crippen LogP contribution in [0.4, 0.5) is 17.6 Å². The smallest absolute Gasteiger partial charge is 0.385 e. The number of hydrogen-bond donors (Lipinski definition) is 2. The minimum atomic E-state index is -4.77. The number of alkyl halides is 3. The number of hydrogen-bond acceptors (Lipinski definition) is 2. The van der Waals surface area contributed by atoms with Crippen LogP contribution >= 0.6 is 0 Å². The molecule has 0 aliphatic rings. The molecule has 0 saturated heterocycles. The van der Waals surface area contributed by atoms with E-state index in [1.807, 2.05) is 6.92 Å². The van der Waals surface area contributed by atoms with Crippen molar-refractivity contribution in [1.82, 2.24) is 5.32 Å². The van der Waals surface area contributed by atoms with Gasteiger partial charge in [0, 0.05) is 0 Å². The van der Waals surface area contributed by atoms with Crippen molar-refractivity contribution in [3.63, 3.8) is 0 Å². The summed E-state index contributed by atoms with van der Waals surface area (Å²) >= 11 is 0. The lowest BCUT2D eigenvalue weighted by molar-refractivity contribution is -0.140. The van der Waals surface area contributed by atoms with Crippen molar-refractivity contribution in [3.8, 4) is 0 Å². The molecule has 6 heteroatoms. The predicted octanol–water partition coefficient (Wildman–Crippen LogP) is 3.05. The van der Waals surface area contributed by atoms with Crippen molar-refractivity contribution in [3.05, 3.63) is 35.1 Å². The van der Waals surface area contributed by atoms with Crippen molar-refractivity contribution in [2.24, 2.45) is 0 Å². The zero-order valence-electron chi connectivity index (χ0n) is 10.8. The topological polar surface area (TPSA) is 32.3 Å². The third-order valence-corrected chi connectivity index (χ3v) is 2.93. The molecule has 0 radical (unpaired) electrons. The predicted molar refractivity (Wildman–Crippen MR) is 64.1 cm³/mol. The molecule has 0 amide bonds. The summed E-state index contributed by atoms with van der Waals surface area (Å²) in [6.45, 7) is 4.46. The standard InChI is InChI=1S/C13H17F4NO/c1-3-18-7-6-12(2,19)9-4-5-11(14)10(8-9)13(15,16)17/h4-5,8,18-19H,3,6-7H2,1-2H3. The molecule has 0 aliphatic carbocycles. The van der Waals surface area contributed by atoms with Gasteiger partial charge in [0.15, 0.2) is 0 Å². The Bertz CT molecular complexity index is 429. The highest BCUT2D eigenvalue weighted by Gasteiger charge is 2.36. The molecule has 0 aliphatic heterocycles. The number of aliphatic hydroxyl groups is 1. The Hall–Kier alpha value is -1.14. The molecule has 108 valence electrons. The second-order valence-electron chi connectivity index (χ2n) is 4.57. The van der Waals surface area contributed by atoms with Crippen LogP contribution in [0, 0.1) is 5.82 Å². The summed E-state index contributed by atoms with van der Waals surface area (Å²) in [5, 5.41) is 13.1. The third-order valence-electron chi connectivity index (χ3n) is 2.93. The van der Waals surface area contributed by atoms with E-state index in [0.29, 0.717) is 19.2 Å². The first-order valence-electron chi connectivity index (χ1n) is 5.99. The van der Waals surface area contributed by atoms with E-state index in [1.165, 1.54) is 13.0 Å². The molecular formula is C13H17F4NO. The van der Waals surface area contributed by atoms with Crippen LogP contribution in [0.15, 0.2) is 18.2 Å². The summed E-state index contributed by atoms with van der Waals surface area (Å²) in [7, 11) is 0. The van der Waals surface area contributed by atoms with Gasteiger partial charge in [0.2, 0.25) is 0 Å². The van der Waals surface area contributed by atoms with E-state index >= 15 is 0 Å². The van der Waals surface area contributed by atoms with Gasteiger partial charge in [0.05, 0.1) is 11.2 Å². The summed E-state index contributed by atoms with van der Waals surface area (Å²) in [6, 6.07) is 2.58. The van der Waals surface area contributed by atoms with Gasteiger partial charge in [-0.2, -0.15) is 13.2 Å². The van der Waals surface area contributed by atoms with E-state index in [1.54, 1.807) is 0 Å². The van der Waals surface area contributed by atoms with Gasteiger partial charge in [-0.05, 0) is 44.1 Å². The summed E-state index contributed by atoms with van der Waals surface area (Å²) in [6.07, 6.45) is -4.53. The Morgan fingerprint density at radius 1 is 1.26 bits per heavy atom. The van der Waals surface area contributed by atoms with E-state index in [4.69, 9.17) is 0 Å². The van der Waals surface area contributed by atoms with Crippen molar-refractivity contribution in [1.29, 1.82) is 0 Å². The molecule has 0 fully saturated rings. The van der Waals surface area contributed by atoms with E-state index in [9.17, 15) is 22.7 Å². The molecule has 1 rings (SSSR count). The maximum atomic E-state index is 13.1. The molecule has 0 aromatic heterocycles. The van der Waals surface area contributed by atoms with Crippen LogP contribution in [0.1, 0.15) is 31.4 Å². The van der Waals surface area contributed by atoms with Gasteiger partial charge in [-0.1, -0.05) is 13.0 Å².